The van der Waals surface area contributed by atoms with Crippen LogP contribution >= 0.6 is 11.8 Å². The summed E-state index contributed by atoms with van der Waals surface area (Å²) in [5.74, 6) is 0.904. The highest BCUT2D eigenvalue weighted by Crippen LogP contribution is 2.28. The number of aryl methyl sites for hydroxylation is 2. The molecule has 0 aliphatic carbocycles. The summed E-state index contributed by atoms with van der Waals surface area (Å²) in [5, 5.41) is 0. The first kappa shape index (κ1) is 12.0. The summed E-state index contributed by atoms with van der Waals surface area (Å²) in [4.78, 5) is 5.31. The van der Waals surface area contributed by atoms with Crippen molar-refractivity contribution in [3.8, 4) is 0 Å². The number of anilines is 1. The third kappa shape index (κ3) is 2.82. The number of imidazole rings is 1. The number of aromatic nitrogens is 2. The van der Waals surface area contributed by atoms with Gasteiger partial charge in [0.15, 0.2) is 0 Å². The van der Waals surface area contributed by atoms with Gasteiger partial charge in [-0.25, -0.2) is 4.98 Å². The fourth-order valence-electron chi connectivity index (χ4n) is 1.67. The number of hydrogen-bond donors (Lipinski definition) is 1. The van der Waals surface area contributed by atoms with Crippen molar-refractivity contribution in [3.05, 3.63) is 42.0 Å². The quantitative estimate of drug-likeness (QED) is 0.667. The summed E-state index contributed by atoms with van der Waals surface area (Å²) in [5.41, 5.74) is 9.28. The van der Waals surface area contributed by atoms with Gasteiger partial charge in [0.2, 0.25) is 0 Å². The molecule has 90 valence electrons. The minimum Gasteiger partial charge on any atom is -0.398 e. The molecule has 0 spiro atoms. The average Bonchev–Trinajstić information content (AvgIpc) is 2.77. The van der Waals surface area contributed by atoms with Crippen LogP contribution in [0.25, 0.3) is 0 Å². The minimum absolute atomic E-state index is 0.850. The van der Waals surface area contributed by atoms with Gasteiger partial charge in [-0.1, -0.05) is 6.07 Å². The van der Waals surface area contributed by atoms with E-state index in [1.807, 2.05) is 24.7 Å². The van der Waals surface area contributed by atoms with Crippen LogP contribution in [0.2, 0.25) is 0 Å². The van der Waals surface area contributed by atoms with Gasteiger partial charge >= 0.3 is 0 Å². The second kappa shape index (κ2) is 5.27. The Labute approximate surface area is 106 Å². The van der Waals surface area contributed by atoms with Gasteiger partial charge in [0.05, 0.1) is 6.33 Å². The standard InChI is InChI=1S/C13H17N3S/c1-3-16-9-15-7-11(16)8-17-13-6-10(2)4-5-12(13)14/h4-7,9H,3,8,14H2,1-2H3. The largest absolute Gasteiger partial charge is 0.398 e. The third-order valence-corrected chi connectivity index (χ3v) is 3.79. The lowest BCUT2D eigenvalue weighted by Gasteiger charge is -2.08. The molecular weight excluding hydrogens is 230 g/mol. The Hall–Kier alpha value is -1.42. The summed E-state index contributed by atoms with van der Waals surface area (Å²) in [6.07, 6.45) is 3.79. The van der Waals surface area contributed by atoms with Crippen LogP contribution in [0.4, 0.5) is 5.69 Å². The van der Waals surface area contributed by atoms with Crippen LogP contribution in [0.5, 0.6) is 0 Å². The molecule has 1 aromatic heterocycles. The Morgan fingerprint density at radius 2 is 2.24 bits per heavy atom. The predicted octanol–water partition coefficient (Wildman–Crippen LogP) is 3.09. The molecule has 0 amide bonds. The molecule has 17 heavy (non-hydrogen) atoms. The van der Waals surface area contributed by atoms with Crippen LogP contribution in [0.1, 0.15) is 18.2 Å². The summed E-state index contributed by atoms with van der Waals surface area (Å²) < 4.78 is 2.15. The first-order valence-corrected chi connectivity index (χ1v) is 6.67. The summed E-state index contributed by atoms with van der Waals surface area (Å²) in [6.45, 7) is 5.16. The van der Waals surface area contributed by atoms with Gasteiger partial charge in [-0.2, -0.15) is 0 Å². The first-order chi connectivity index (χ1) is 8.20. The molecule has 1 aromatic carbocycles. The topological polar surface area (TPSA) is 43.8 Å². The number of nitrogens with zero attached hydrogens (tertiary/aromatic N) is 2. The van der Waals surface area contributed by atoms with Crippen molar-refractivity contribution in [2.24, 2.45) is 0 Å². The van der Waals surface area contributed by atoms with Gasteiger partial charge in [-0.3, -0.25) is 0 Å². The average molecular weight is 247 g/mol. The fourth-order valence-corrected chi connectivity index (χ4v) is 2.72. The molecule has 0 saturated heterocycles. The molecule has 1 heterocycles. The maximum Gasteiger partial charge on any atom is 0.0948 e. The molecule has 0 saturated carbocycles. The predicted molar refractivity (Wildman–Crippen MR) is 73.1 cm³/mol. The van der Waals surface area contributed by atoms with E-state index >= 15 is 0 Å². The molecule has 0 fully saturated rings. The number of thioether (sulfide) groups is 1. The molecular formula is C13H17N3S. The Morgan fingerprint density at radius 1 is 1.41 bits per heavy atom. The van der Waals surface area contributed by atoms with E-state index in [0.29, 0.717) is 0 Å². The van der Waals surface area contributed by atoms with E-state index in [0.717, 1.165) is 22.9 Å². The number of hydrogen-bond acceptors (Lipinski definition) is 3. The van der Waals surface area contributed by atoms with Crippen LogP contribution in [-0.2, 0) is 12.3 Å². The Balaban J connectivity index is 2.09. The van der Waals surface area contributed by atoms with Crippen molar-refractivity contribution in [2.45, 2.75) is 31.0 Å². The van der Waals surface area contributed by atoms with Crippen molar-refractivity contribution < 1.29 is 0 Å². The second-order valence-electron chi connectivity index (χ2n) is 4.00. The lowest BCUT2D eigenvalue weighted by molar-refractivity contribution is 0.734. The van der Waals surface area contributed by atoms with E-state index in [1.54, 1.807) is 11.8 Å². The normalized spacial score (nSPS) is 10.7. The second-order valence-corrected chi connectivity index (χ2v) is 5.02. The molecule has 0 aliphatic heterocycles. The van der Waals surface area contributed by atoms with Crippen LogP contribution in [0.3, 0.4) is 0 Å². The van der Waals surface area contributed by atoms with E-state index in [-0.39, 0.29) is 0 Å². The van der Waals surface area contributed by atoms with Crippen LogP contribution in [0.15, 0.2) is 35.6 Å². The smallest absolute Gasteiger partial charge is 0.0948 e. The van der Waals surface area contributed by atoms with Crippen molar-refractivity contribution in [2.75, 3.05) is 5.73 Å². The molecule has 2 N–H and O–H groups in total. The lowest BCUT2D eigenvalue weighted by atomic mass is 10.2. The Kier molecular flexibility index (Phi) is 3.74. The molecule has 0 atom stereocenters. The number of rotatable bonds is 4. The minimum atomic E-state index is 0.850. The number of nitrogen functional groups attached to an aromatic ring is 1. The van der Waals surface area contributed by atoms with Gasteiger partial charge in [-0.15, -0.1) is 11.8 Å². The Bertz CT molecular complexity index is 505. The molecule has 3 nitrogen and oxygen atoms in total. The van der Waals surface area contributed by atoms with Crippen LogP contribution in [-0.4, -0.2) is 9.55 Å². The summed E-state index contributed by atoms with van der Waals surface area (Å²) >= 11 is 1.76. The molecule has 4 heteroatoms. The highest BCUT2D eigenvalue weighted by molar-refractivity contribution is 7.98. The monoisotopic (exact) mass is 247 g/mol. The third-order valence-electron chi connectivity index (χ3n) is 2.68. The highest BCUT2D eigenvalue weighted by Gasteiger charge is 2.04. The van der Waals surface area contributed by atoms with E-state index in [1.165, 1.54) is 11.3 Å². The van der Waals surface area contributed by atoms with Gasteiger partial charge in [0.25, 0.3) is 0 Å². The molecule has 2 rings (SSSR count). The molecule has 0 bridgehead atoms. The van der Waals surface area contributed by atoms with Gasteiger partial charge < -0.3 is 10.3 Å². The molecule has 2 aromatic rings. The molecule has 0 aliphatic rings. The van der Waals surface area contributed by atoms with Crippen molar-refractivity contribution in [3.63, 3.8) is 0 Å². The van der Waals surface area contributed by atoms with Gasteiger partial charge in [0, 0.05) is 34.8 Å². The van der Waals surface area contributed by atoms with Crippen molar-refractivity contribution in [1.82, 2.24) is 9.55 Å². The van der Waals surface area contributed by atoms with Crippen molar-refractivity contribution in [1.29, 1.82) is 0 Å². The van der Waals surface area contributed by atoms with Gasteiger partial charge in [0.1, 0.15) is 0 Å². The zero-order chi connectivity index (χ0) is 12.3. The van der Waals surface area contributed by atoms with E-state index in [9.17, 15) is 0 Å². The van der Waals surface area contributed by atoms with Gasteiger partial charge in [-0.05, 0) is 31.5 Å². The van der Waals surface area contributed by atoms with Crippen molar-refractivity contribution >= 4 is 17.4 Å². The zero-order valence-corrected chi connectivity index (χ0v) is 11.0. The zero-order valence-electron chi connectivity index (χ0n) is 10.2. The summed E-state index contributed by atoms with van der Waals surface area (Å²) in [6, 6.07) is 6.14. The maximum absolute atomic E-state index is 5.96. The van der Waals surface area contributed by atoms with E-state index < -0.39 is 0 Å². The van der Waals surface area contributed by atoms with E-state index in [4.69, 9.17) is 5.73 Å². The SMILES string of the molecule is CCn1cncc1CSc1cc(C)ccc1N. The number of nitrogens with two attached hydrogens (primary N) is 1. The van der Waals surface area contributed by atoms with Crippen LogP contribution in [0, 0.1) is 6.92 Å². The summed E-state index contributed by atoms with van der Waals surface area (Å²) in [7, 11) is 0. The first-order valence-electron chi connectivity index (χ1n) is 5.68. The fraction of sp³-hybridized carbons (Fsp3) is 0.308. The highest BCUT2D eigenvalue weighted by atomic mass is 32.2. The molecule has 0 radical (unpaired) electrons. The number of benzene rings is 1. The lowest BCUT2D eigenvalue weighted by Crippen LogP contribution is -1.97. The Morgan fingerprint density at radius 3 is 3.00 bits per heavy atom. The van der Waals surface area contributed by atoms with E-state index in [2.05, 4.69) is 29.5 Å². The van der Waals surface area contributed by atoms with Crippen LogP contribution < -0.4 is 5.73 Å². The molecule has 0 unspecified atom stereocenters. The maximum atomic E-state index is 5.96.